The summed E-state index contributed by atoms with van der Waals surface area (Å²) in [6, 6.07) is 21.6. The summed E-state index contributed by atoms with van der Waals surface area (Å²) in [7, 11) is 2.96. The Labute approximate surface area is 194 Å². The SMILES string of the molecule is COc1cccc(NC(=O)C(OC(=O)c2cc3cccc(OC)c3oc2=O)c2ccccc2)c1. The van der Waals surface area contributed by atoms with Gasteiger partial charge in [-0.25, -0.2) is 9.59 Å². The van der Waals surface area contributed by atoms with Crippen LogP contribution in [0.15, 0.2) is 88.1 Å². The highest BCUT2D eigenvalue weighted by molar-refractivity contribution is 5.99. The van der Waals surface area contributed by atoms with Gasteiger partial charge in [-0.1, -0.05) is 48.5 Å². The minimum atomic E-state index is -1.32. The fraction of sp³-hybridized carbons (Fsp3) is 0.115. The van der Waals surface area contributed by atoms with E-state index < -0.39 is 23.6 Å². The van der Waals surface area contributed by atoms with Gasteiger partial charge in [0.2, 0.25) is 6.10 Å². The molecule has 0 aliphatic rings. The van der Waals surface area contributed by atoms with Crippen LogP contribution in [0.4, 0.5) is 5.69 Å². The monoisotopic (exact) mass is 459 g/mol. The third-order valence-electron chi connectivity index (χ3n) is 5.07. The lowest BCUT2D eigenvalue weighted by Crippen LogP contribution is -2.27. The van der Waals surface area contributed by atoms with E-state index in [9.17, 15) is 14.4 Å². The second-order valence-corrected chi connectivity index (χ2v) is 7.24. The van der Waals surface area contributed by atoms with Crippen molar-refractivity contribution in [2.75, 3.05) is 19.5 Å². The summed E-state index contributed by atoms with van der Waals surface area (Å²) in [5.74, 6) is -0.683. The standard InChI is InChI=1S/C26H21NO7/c1-31-19-12-7-11-18(15-19)27-24(28)23(16-8-4-3-5-9-16)34-26(30)20-14-17-10-6-13-21(32-2)22(17)33-25(20)29/h3-15,23H,1-2H3,(H,27,28). The molecule has 8 heteroatoms. The number of fused-ring (bicyclic) bond motifs is 1. The maximum atomic E-state index is 13.1. The van der Waals surface area contributed by atoms with Crippen molar-refractivity contribution in [3.05, 3.63) is 100 Å². The highest BCUT2D eigenvalue weighted by Crippen LogP contribution is 2.26. The molecule has 1 N–H and O–H groups in total. The lowest BCUT2D eigenvalue weighted by molar-refractivity contribution is -0.125. The number of amides is 1. The molecule has 1 amide bonds. The summed E-state index contributed by atoms with van der Waals surface area (Å²) in [4.78, 5) is 38.7. The maximum absolute atomic E-state index is 13.1. The minimum Gasteiger partial charge on any atom is -0.497 e. The Morgan fingerprint density at radius 2 is 1.65 bits per heavy atom. The molecule has 0 aliphatic carbocycles. The van der Waals surface area contributed by atoms with Gasteiger partial charge >= 0.3 is 11.6 Å². The largest absolute Gasteiger partial charge is 0.497 e. The van der Waals surface area contributed by atoms with E-state index in [0.717, 1.165) is 0 Å². The van der Waals surface area contributed by atoms with Crippen LogP contribution in [-0.4, -0.2) is 26.1 Å². The predicted octanol–water partition coefficient (Wildman–Crippen LogP) is 4.35. The van der Waals surface area contributed by atoms with Gasteiger partial charge in [-0.2, -0.15) is 0 Å². The molecule has 8 nitrogen and oxygen atoms in total. The Morgan fingerprint density at radius 3 is 2.38 bits per heavy atom. The van der Waals surface area contributed by atoms with Crippen LogP contribution in [0, 0.1) is 0 Å². The lowest BCUT2D eigenvalue weighted by atomic mass is 10.1. The fourth-order valence-corrected chi connectivity index (χ4v) is 3.40. The van der Waals surface area contributed by atoms with Crippen molar-refractivity contribution in [1.82, 2.24) is 0 Å². The van der Waals surface area contributed by atoms with E-state index >= 15 is 0 Å². The van der Waals surface area contributed by atoms with Gasteiger partial charge in [-0.3, -0.25) is 4.79 Å². The van der Waals surface area contributed by atoms with Crippen molar-refractivity contribution in [3.8, 4) is 11.5 Å². The van der Waals surface area contributed by atoms with E-state index in [1.807, 2.05) is 0 Å². The number of hydrogen-bond donors (Lipinski definition) is 1. The molecular weight excluding hydrogens is 438 g/mol. The Hall–Kier alpha value is -4.59. The highest BCUT2D eigenvalue weighted by Gasteiger charge is 2.28. The van der Waals surface area contributed by atoms with E-state index in [2.05, 4.69) is 5.32 Å². The van der Waals surface area contributed by atoms with Gasteiger partial charge in [-0.05, 0) is 24.3 Å². The summed E-state index contributed by atoms with van der Waals surface area (Å²) >= 11 is 0. The summed E-state index contributed by atoms with van der Waals surface area (Å²) in [6.07, 6.45) is -1.32. The number of ether oxygens (including phenoxy) is 3. The number of carbonyl (C=O) groups is 2. The van der Waals surface area contributed by atoms with Gasteiger partial charge in [0.05, 0.1) is 14.2 Å². The quantitative estimate of drug-likeness (QED) is 0.324. The molecule has 0 saturated heterocycles. The van der Waals surface area contributed by atoms with Crippen LogP contribution in [0.3, 0.4) is 0 Å². The number of rotatable bonds is 7. The number of benzene rings is 3. The van der Waals surface area contributed by atoms with Gasteiger partial charge in [0.1, 0.15) is 11.3 Å². The Balaban J connectivity index is 1.65. The molecule has 0 bridgehead atoms. The van der Waals surface area contributed by atoms with Crippen LogP contribution < -0.4 is 20.4 Å². The van der Waals surface area contributed by atoms with Crippen molar-refractivity contribution < 1.29 is 28.2 Å². The normalized spacial score (nSPS) is 11.5. The van der Waals surface area contributed by atoms with E-state index in [4.69, 9.17) is 18.6 Å². The number of hydrogen-bond acceptors (Lipinski definition) is 7. The van der Waals surface area contributed by atoms with Gasteiger partial charge in [0.25, 0.3) is 5.91 Å². The maximum Gasteiger partial charge on any atom is 0.351 e. The van der Waals surface area contributed by atoms with E-state index in [1.165, 1.54) is 20.3 Å². The third kappa shape index (κ3) is 4.75. The molecule has 1 heterocycles. The summed E-state index contributed by atoms with van der Waals surface area (Å²) < 4.78 is 21.2. The van der Waals surface area contributed by atoms with Crippen LogP contribution in [-0.2, 0) is 9.53 Å². The second-order valence-electron chi connectivity index (χ2n) is 7.24. The molecule has 34 heavy (non-hydrogen) atoms. The number of para-hydroxylation sites is 1. The molecule has 3 aromatic carbocycles. The molecule has 1 aromatic heterocycles. The number of carbonyl (C=O) groups excluding carboxylic acids is 2. The fourth-order valence-electron chi connectivity index (χ4n) is 3.40. The zero-order valence-electron chi connectivity index (χ0n) is 18.4. The van der Waals surface area contributed by atoms with Crippen LogP contribution in [0.5, 0.6) is 11.5 Å². The zero-order chi connectivity index (χ0) is 24.1. The topological polar surface area (TPSA) is 104 Å². The van der Waals surface area contributed by atoms with E-state index in [1.54, 1.807) is 72.8 Å². The van der Waals surface area contributed by atoms with Gasteiger partial charge < -0.3 is 23.9 Å². The highest BCUT2D eigenvalue weighted by atomic mass is 16.5. The van der Waals surface area contributed by atoms with Gasteiger partial charge in [-0.15, -0.1) is 0 Å². The van der Waals surface area contributed by atoms with Crippen LogP contribution in [0.1, 0.15) is 22.0 Å². The zero-order valence-corrected chi connectivity index (χ0v) is 18.4. The van der Waals surface area contributed by atoms with Crippen molar-refractivity contribution in [3.63, 3.8) is 0 Å². The first-order valence-corrected chi connectivity index (χ1v) is 10.3. The summed E-state index contributed by atoms with van der Waals surface area (Å²) in [5.41, 5.74) is -0.137. The lowest BCUT2D eigenvalue weighted by Gasteiger charge is -2.18. The minimum absolute atomic E-state index is 0.210. The van der Waals surface area contributed by atoms with Crippen molar-refractivity contribution >= 4 is 28.5 Å². The first-order valence-electron chi connectivity index (χ1n) is 10.3. The summed E-state index contributed by atoms with van der Waals surface area (Å²) in [6.45, 7) is 0. The van der Waals surface area contributed by atoms with Gasteiger partial charge in [0.15, 0.2) is 11.3 Å². The van der Waals surface area contributed by atoms with E-state index in [-0.39, 0.29) is 11.1 Å². The number of anilines is 1. The molecule has 0 spiro atoms. The predicted molar refractivity (Wildman–Crippen MR) is 125 cm³/mol. The van der Waals surface area contributed by atoms with Crippen LogP contribution in [0.25, 0.3) is 11.0 Å². The first kappa shape index (κ1) is 22.6. The Bertz CT molecular complexity index is 1400. The van der Waals surface area contributed by atoms with Crippen LogP contribution >= 0.6 is 0 Å². The average molecular weight is 459 g/mol. The molecular formula is C26H21NO7. The second kappa shape index (κ2) is 9.91. The summed E-state index contributed by atoms with van der Waals surface area (Å²) in [5, 5.41) is 3.19. The average Bonchev–Trinajstić information content (AvgIpc) is 2.86. The molecule has 0 fully saturated rings. The van der Waals surface area contributed by atoms with Crippen molar-refractivity contribution in [2.24, 2.45) is 0 Å². The number of esters is 1. The Morgan fingerprint density at radius 1 is 0.882 bits per heavy atom. The van der Waals surface area contributed by atoms with Crippen molar-refractivity contribution in [2.45, 2.75) is 6.10 Å². The van der Waals surface area contributed by atoms with Crippen LogP contribution in [0.2, 0.25) is 0 Å². The van der Waals surface area contributed by atoms with Gasteiger partial charge in [0, 0.05) is 22.7 Å². The molecule has 0 saturated carbocycles. The molecule has 1 atom stereocenters. The van der Waals surface area contributed by atoms with Crippen molar-refractivity contribution in [1.29, 1.82) is 0 Å². The number of methoxy groups -OCH3 is 2. The Kier molecular flexibility index (Phi) is 6.59. The third-order valence-corrected chi connectivity index (χ3v) is 5.07. The number of nitrogens with one attached hydrogen (secondary N) is 1. The first-order chi connectivity index (χ1) is 16.5. The smallest absolute Gasteiger partial charge is 0.351 e. The molecule has 4 aromatic rings. The molecule has 0 radical (unpaired) electrons. The van der Waals surface area contributed by atoms with E-state index in [0.29, 0.717) is 28.1 Å². The molecule has 4 rings (SSSR count). The molecule has 1 unspecified atom stereocenters. The molecule has 172 valence electrons. The molecule has 0 aliphatic heterocycles.